The van der Waals surface area contributed by atoms with E-state index < -0.39 is 0 Å². The van der Waals surface area contributed by atoms with Crippen molar-refractivity contribution in [3.63, 3.8) is 0 Å². The Bertz CT molecular complexity index is 586. The second-order valence-electron chi connectivity index (χ2n) is 6.26. The molecule has 0 amide bonds. The summed E-state index contributed by atoms with van der Waals surface area (Å²) in [5, 5.41) is 0. The summed E-state index contributed by atoms with van der Waals surface area (Å²) >= 11 is 0. The van der Waals surface area contributed by atoms with Crippen molar-refractivity contribution in [3.05, 3.63) is 47.5 Å². The van der Waals surface area contributed by atoms with Gasteiger partial charge in [0.2, 0.25) is 0 Å². The number of esters is 2. The Morgan fingerprint density at radius 2 is 1.86 bits per heavy atom. The van der Waals surface area contributed by atoms with Gasteiger partial charge in [0.15, 0.2) is 0 Å². The maximum Gasteiger partial charge on any atom is 0.333 e. The van der Waals surface area contributed by atoms with E-state index in [9.17, 15) is 9.59 Å². The second-order valence-corrected chi connectivity index (χ2v) is 6.26. The summed E-state index contributed by atoms with van der Waals surface area (Å²) in [5.74, 6) is -0.780. The molecular formula is C18H22O4. The van der Waals surface area contributed by atoms with Crippen LogP contribution >= 0.6 is 0 Å². The number of rotatable bonds is 5. The fourth-order valence-corrected chi connectivity index (χ4v) is 2.76. The van der Waals surface area contributed by atoms with Crippen LogP contribution in [0.15, 0.2) is 42.0 Å². The molecule has 22 heavy (non-hydrogen) atoms. The van der Waals surface area contributed by atoms with Crippen LogP contribution in [0.4, 0.5) is 0 Å². The monoisotopic (exact) mass is 302 g/mol. The zero-order chi connectivity index (χ0) is 16.3. The molecule has 0 saturated heterocycles. The number of carbonyl (C=O) groups excluding carboxylic acids is 2. The van der Waals surface area contributed by atoms with E-state index in [4.69, 9.17) is 4.74 Å². The van der Waals surface area contributed by atoms with Gasteiger partial charge in [-0.05, 0) is 23.8 Å². The highest BCUT2D eigenvalue weighted by Gasteiger charge is 2.61. The first-order valence-corrected chi connectivity index (χ1v) is 7.35. The van der Waals surface area contributed by atoms with Gasteiger partial charge in [-0.25, -0.2) is 4.79 Å². The largest absolute Gasteiger partial charge is 0.466 e. The zero-order valence-electron chi connectivity index (χ0n) is 13.5. The maximum atomic E-state index is 12.3. The predicted molar refractivity (Wildman–Crippen MR) is 82.8 cm³/mol. The molecule has 118 valence electrons. The predicted octanol–water partition coefficient (Wildman–Crippen LogP) is 3.12. The normalized spacial score (nSPS) is 22.8. The third-order valence-corrected chi connectivity index (χ3v) is 4.33. The van der Waals surface area contributed by atoms with Gasteiger partial charge in [-0.15, -0.1) is 0 Å². The molecule has 0 unspecified atom stereocenters. The van der Waals surface area contributed by atoms with Crippen LogP contribution in [0.2, 0.25) is 0 Å². The average molecular weight is 302 g/mol. The molecule has 0 aliphatic heterocycles. The highest BCUT2D eigenvalue weighted by molar-refractivity contribution is 5.88. The minimum atomic E-state index is -0.362. The van der Waals surface area contributed by atoms with Gasteiger partial charge >= 0.3 is 11.9 Å². The van der Waals surface area contributed by atoms with Crippen molar-refractivity contribution in [1.82, 2.24) is 0 Å². The average Bonchev–Trinajstić information content (AvgIpc) is 3.05. The lowest BCUT2D eigenvalue weighted by Gasteiger charge is -2.05. The van der Waals surface area contributed by atoms with Crippen molar-refractivity contribution in [2.75, 3.05) is 7.11 Å². The van der Waals surface area contributed by atoms with Crippen LogP contribution in [-0.2, 0) is 25.7 Å². The first-order valence-electron chi connectivity index (χ1n) is 7.35. The standard InChI is InChI=1S/C18H22O4/c1-12(16(19)21-4)10-14-15(18(14,2)3)17(20)22-11-13-8-6-5-7-9-13/h5-10,14-15H,11H2,1-4H3/b12-10+/t14-,15-/m0/s1. The fraction of sp³-hybridized carbons (Fsp3) is 0.444. The molecule has 1 aromatic rings. The number of allylic oxidation sites excluding steroid dienone is 1. The third kappa shape index (κ3) is 3.38. The molecule has 4 nitrogen and oxygen atoms in total. The minimum absolute atomic E-state index is 0.00914. The van der Waals surface area contributed by atoms with Crippen molar-refractivity contribution in [2.24, 2.45) is 17.3 Å². The van der Waals surface area contributed by atoms with E-state index in [1.807, 2.05) is 50.3 Å². The molecular weight excluding hydrogens is 280 g/mol. The number of methoxy groups -OCH3 is 1. The van der Waals surface area contributed by atoms with E-state index in [0.29, 0.717) is 5.57 Å². The summed E-state index contributed by atoms with van der Waals surface area (Å²) in [6.45, 7) is 5.99. The van der Waals surface area contributed by atoms with Crippen LogP contribution in [0.25, 0.3) is 0 Å². The molecule has 2 rings (SSSR count). The van der Waals surface area contributed by atoms with E-state index in [1.165, 1.54) is 7.11 Å². The Morgan fingerprint density at radius 1 is 1.23 bits per heavy atom. The molecule has 1 saturated carbocycles. The maximum absolute atomic E-state index is 12.3. The summed E-state index contributed by atoms with van der Waals surface area (Å²) in [5.41, 5.74) is 1.30. The molecule has 1 aromatic carbocycles. The summed E-state index contributed by atoms with van der Waals surface area (Å²) in [6.07, 6.45) is 1.82. The number of hydrogen-bond donors (Lipinski definition) is 0. The van der Waals surface area contributed by atoms with E-state index in [-0.39, 0.29) is 35.8 Å². The Kier molecular flexibility index (Phi) is 4.69. The van der Waals surface area contributed by atoms with Crippen molar-refractivity contribution in [3.8, 4) is 0 Å². The minimum Gasteiger partial charge on any atom is -0.466 e. The molecule has 0 bridgehead atoms. The van der Waals surface area contributed by atoms with Gasteiger partial charge in [0.25, 0.3) is 0 Å². The quantitative estimate of drug-likeness (QED) is 0.619. The van der Waals surface area contributed by atoms with Crippen LogP contribution in [0.5, 0.6) is 0 Å². The first-order chi connectivity index (χ1) is 10.4. The molecule has 4 heteroatoms. The SMILES string of the molecule is COC(=O)/C(C)=C/[C@H]1[C@@H](C(=O)OCc2ccccc2)C1(C)C. The summed E-state index contributed by atoms with van der Waals surface area (Å²) < 4.78 is 10.1. The van der Waals surface area contributed by atoms with Gasteiger partial charge in [0.1, 0.15) is 6.61 Å². The summed E-state index contributed by atoms with van der Waals surface area (Å²) in [7, 11) is 1.35. The molecule has 0 radical (unpaired) electrons. The van der Waals surface area contributed by atoms with E-state index in [0.717, 1.165) is 5.56 Å². The molecule has 2 atom stereocenters. The van der Waals surface area contributed by atoms with Crippen molar-refractivity contribution in [2.45, 2.75) is 27.4 Å². The number of carbonyl (C=O) groups is 2. The molecule has 1 aliphatic carbocycles. The van der Waals surface area contributed by atoms with Gasteiger partial charge in [0, 0.05) is 5.57 Å². The highest BCUT2D eigenvalue weighted by Crippen LogP contribution is 2.59. The van der Waals surface area contributed by atoms with Crippen LogP contribution in [0, 0.1) is 17.3 Å². The van der Waals surface area contributed by atoms with E-state index >= 15 is 0 Å². The smallest absolute Gasteiger partial charge is 0.333 e. The van der Waals surface area contributed by atoms with Gasteiger partial charge < -0.3 is 9.47 Å². The van der Waals surface area contributed by atoms with Crippen LogP contribution < -0.4 is 0 Å². The Hall–Kier alpha value is -2.10. The van der Waals surface area contributed by atoms with Crippen LogP contribution in [-0.4, -0.2) is 19.0 Å². The highest BCUT2D eigenvalue weighted by atomic mass is 16.5. The van der Waals surface area contributed by atoms with Crippen LogP contribution in [0.1, 0.15) is 26.3 Å². The lowest BCUT2D eigenvalue weighted by molar-refractivity contribution is -0.147. The van der Waals surface area contributed by atoms with Gasteiger partial charge in [-0.1, -0.05) is 50.3 Å². The first kappa shape index (κ1) is 16.3. The van der Waals surface area contributed by atoms with Crippen molar-refractivity contribution < 1.29 is 19.1 Å². The third-order valence-electron chi connectivity index (χ3n) is 4.33. The molecule has 0 heterocycles. The summed E-state index contributed by atoms with van der Waals surface area (Å²) in [6, 6.07) is 9.59. The molecule has 0 spiro atoms. The molecule has 0 aromatic heterocycles. The van der Waals surface area contributed by atoms with Gasteiger partial charge in [-0.2, -0.15) is 0 Å². The number of benzene rings is 1. The zero-order valence-corrected chi connectivity index (χ0v) is 13.5. The number of ether oxygens (including phenoxy) is 2. The lowest BCUT2D eigenvalue weighted by atomic mass is 10.1. The van der Waals surface area contributed by atoms with Gasteiger partial charge in [0.05, 0.1) is 13.0 Å². The van der Waals surface area contributed by atoms with Crippen LogP contribution in [0.3, 0.4) is 0 Å². The molecule has 1 fully saturated rings. The topological polar surface area (TPSA) is 52.6 Å². The second kappa shape index (κ2) is 6.34. The molecule has 1 aliphatic rings. The molecule has 0 N–H and O–H groups in total. The van der Waals surface area contributed by atoms with Crippen molar-refractivity contribution in [1.29, 1.82) is 0 Å². The lowest BCUT2D eigenvalue weighted by Crippen LogP contribution is -2.10. The Labute approximate surface area is 131 Å². The van der Waals surface area contributed by atoms with E-state index in [1.54, 1.807) is 6.92 Å². The van der Waals surface area contributed by atoms with Gasteiger partial charge in [-0.3, -0.25) is 4.79 Å². The Balaban J connectivity index is 1.97. The van der Waals surface area contributed by atoms with E-state index in [2.05, 4.69) is 4.74 Å². The fourth-order valence-electron chi connectivity index (χ4n) is 2.76. The number of hydrogen-bond acceptors (Lipinski definition) is 4. The Morgan fingerprint density at radius 3 is 2.45 bits per heavy atom. The summed E-state index contributed by atoms with van der Waals surface area (Å²) in [4.78, 5) is 23.7. The van der Waals surface area contributed by atoms with Crippen molar-refractivity contribution >= 4 is 11.9 Å².